The van der Waals surface area contributed by atoms with Gasteiger partial charge in [0.15, 0.2) is 0 Å². The van der Waals surface area contributed by atoms with Gasteiger partial charge in [-0.05, 0) is 41.4 Å². The minimum Gasteiger partial charge on any atom is -0.371 e. The van der Waals surface area contributed by atoms with Crippen molar-refractivity contribution in [3.05, 3.63) is 56.7 Å². The summed E-state index contributed by atoms with van der Waals surface area (Å²) in [6.07, 6.45) is 1.67. The van der Waals surface area contributed by atoms with Gasteiger partial charge in [0.05, 0.1) is 22.9 Å². The van der Waals surface area contributed by atoms with E-state index in [-0.39, 0.29) is 17.9 Å². The Morgan fingerprint density at radius 1 is 1.33 bits per heavy atom. The number of aromatic nitrogens is 2. The van der Waals surface area contributed by atoms with Crippen molar-refractivity contribution in [1.29, 1.82) is 0 Å². The molecule has 0 saturated heterocycles. The highest BCUT2D eigenvalue weighted by Gasteiger charge is 2.09. The predicted molar refractivity (Wildman–Crippen MR) is 85.3 cm³/mol. The number of anilines is 1. The third-order valence-corrected chi connectivity index (χ3v) is 4.22. The second kappa shape index (κ2) is 6.85. The predicted octanol–water partition coefficient (Wildman–Crippen LogP) is 3.04. The van der Waals surface area contributed by atoms with Crippen molar-refractivity contribution in [3.63, 3.8) is 0 Å². The highest BCUT2D eigenvalue weighted by molar-refractivity contribution is 9.10. The van der Waals surface area contributed by atoms with Gasteiger partial charge in [-0.1, -0.05) is 12.1 Å². The van der Waals surface area contributed by atoms with Gasteiger partial charge in [0, 0.05) is 19.2 Å². The molecule has 0 aliphatic carbocycles. The van der Waals surface area contributed by atoms with Crippen LogP contribution in [0.15, 0.2) is 39.7 Å². The van der Waals surface area contributed by atoms with E-state index in [0.29, 0.717) is 10.0 Å². The highest BCUT2D eigenvalue weighted by atomic mass is 79.9. The van der Waals surface area contributed by atoms with E-state index in [1.807, 2.05) is 13.8 Å². The lowest BCUT2D eigenvalue weighted by molar-refractivity contribution is 0.602. The molecule has 1 heterocycles. The number of nitrogens with zero attached hydrogens (tertiary/aromatic N) is 3. The summed E-state index contributed by atoms with van der Waals surface area (Å²) in [6.45, 7) is 5.92. The molecule has 0 amide bonds. The molecule has 1 aromatic heterocycles. The third-order valence-electron chi connectivity index (χ3n) is 3.34. The molecule has 1 aromatic carbocycles. The monoisotopic (exact) mass is 353 g/mol. The number of rotatable bonds is 5. The van der Waals surface area contributed by atoms with E-state index in [4.69, 9.17) is 0 Å². The van der Waals surface area contributed by atoms with Gasteiger partial charge in [-0.25, -0.2) is 9.07 Å². The first-order valence-electron chi connectivity index (χ1n) is 6.81. The maximum absolute atomic E-state index is 13.5. The Hall–Kier alpha value is -1.69. The van der Waals surface area contributed by atoms with E-state index >= 15 is 0 Å². The standard InChI is InChI=1S/C15H17BrFN3O/c1-3-19(4-2)12-8-14(21)20(18-9-12)10-11-6-5-7-13(17)15(11)16/h5-9H,3-4,10H2,1-2H3. The van der Waals surface area contributed by atoms with Gasteiger partial charge in [-0.15, -0.1) is 0 Å². The van der Waals surface area contributed by atoms with Crippen LogP contribution in [0, 0.1) is 5.82 Å². The number of benzene rings is 1. The summed E-state index contributed by atoms with van der Waals surface area (Å²) in [6, 6.07) is 6.31. The Morgan fingerprint density at radius 2 is 2.05 bits per heavy atom. The van der Waals surface area contributed by atoms with Crippen molar-refractivity contribution < 1.29 is 4.39 Å². The number of hydrogen-bond donors (Lipinski definition) is 0. The maximum atomic E-state index is 13.5. The molecule has 0 radical (unpaired) electrons. The first-order valence-corrected chi connectivity index (χ1v) is 7.61. The fourth-order valence-electron chi connectivity index (χ4n) is 2.14. The van der Waals surface area contributed by atoms with E-state index in [0.717, 1.165) is 18.8 Å². The molecule has 2 rings (SSSR count). The smallest absolute Gasteiger partial charge is 0.269 e. The topological polar surface area (TPSA) is 38.1 Å². The lowest BCUT2D eigenvalue weighted by Crippen LogP contribution is -2.28. The number of halogens is 2. The molecule has 0 spiro atoms. The van der Waals surface area contributed by atoms with Gasteiger partial charge in [-0.2, -0.15) is 5.10 Å². The van der Waals surface area contributed by atoms with Crippen LogP contribution >= 0.6 is 15.9 Å². The van der Waals surface area contributed by atoms with Crippen LogP contribution in [0.4, 0.5) is 10.1 Å². The second-order valence-corrected chi connectivity index (χ2v) is 5.39. The number of hydrogen-bond acceptors (Lipinski definition) is 3. The molecule has 4 nitrogen and oxygen atoms in total. The summed E-state index contributed by atoms with van der Waals surface area (Å²) < 4.78 is 15.2. The fourth-order valence-corrected chi connectivity index (χ4v) is 2.53. The van der Waals surface area contributed by atoms with Gasteiger partial charge < -0.3 is 4.90 Å². The molecule has 21 heavy (non-hydrogen) atoms. The summed E-state index contributed by atoms with van der Waals surface area (Å²) in [5.41, 5.74) is 1.29. The van der Waals surface area contributed by atoms with Crippen molar-refractivity contribution in [2.45, 2.75) is 20.4 Å². The van der Waals surface area contributed by atoms with Crippen molar-refractivity contribution in [2.24, 2.45) is 0 Å². The van der Waals surface area contributed by atoms with Crippen LogP contribution in [-0.4, -0.2) is 22.9 Å². The minimum absolute atomic E-state index is 0.199. The zero-order valence-corrected chi connectivity index (χ0v) is 13.6. The van der Waals surface area contributed by atoms with Crippen molar-refractivity contribution in [2.75, 3.05) is 18.0 Å². The largest absolute Gasteiger partial charge is 0.371 e. The second-order valence-electron chi connectivity index (χ2n) is 4.59. The third kappa shape index (κ3) is 3.50. The minimum atomic E-state index is -0.347. The highest BCUT2D eigenvalue weighted by Crippen LogP contribution is 2.20. The molecule has 0 aliphatic rings. The zero-order chi connectivity index (χ0) is 15.4. The van der Waals surface area contributed by atoms with Crippen LogP contribution in [0.2, 0.25) is 0 Å². The Kier molecular flexibility index (Phi) is 5.12. The van der Waals surface area contributed by atoms with E-state index in [2.05, 4.69) is 25.9 Å². The lowest BCUT2D eigenvalue weighted by atomic mass is 10.2. The van der Waals surface area contributed by atoms with Crippen LogP contribution in [-0.2, 0) is 6.54 Å². The summed E-state index contributed by atoms with van der Waals surface area (Å²) in [7, 11) is 0. The van der Waals surface area contributed by atoms with Gasteiger partial charge >= 0.3 is 0 Å². The average molecular weight is 354 g/mol. The van der Waals surface area contributed by atoms with Crippen LogP contribution in [0.1, 0.15) is 19.4 Å². The van der Waals surface area contributed by atoms with Gasteiger partial charge in [0.25, 0.3) is 5.56 Å². The molecule has 0 fully saturated rings. The molecule has 112 valence electrons. The normalized spacial score (nSPS) is 10.7. The quantitative estimate of drug-likeness (QED) is 0.829. The molecule has 0 bridgehead atoms. The first-order chi connectivity index (χ1) is 10.1. The van der Waals surface area contributed by atoms with Crippen LogP contribution in [0.25, 0.3) is 0 Å². The lowest BCUT2D eigenvalue weighted by Gasteiger charge is -2.20. The van der Waals surface area contributed by atoms with Crippen molar-refractivity contribution in [1.82, 2.24) is 9.78 Å². The van der Waals surface area contributed by atoms with Gasteiger partial charge in [-0.3, -0.25) is 4.79 Å². The molecule has 2 aromatic rings. The molecule has 0 saturated carbocycles. The molecular formula is C15H17BrFN3O. The molecule has 0 atom stereocenters. The van der Waals surface area contributed by atoms with Gasteiger partial charge in [0.2, 0.25) is 0 Å². The Labute approximate surface area is 131 Å². The molecule has 0 unspecified atom stereocenters. The van der Waals surface area contributed by atoms with Crippen molar-refractivity contribution in [3.8, 4) is 0 Å². The molecular weight excluding hydrogens is 337 g/mol. The van der Waals surface area contributed by atoms with Gasteiger partial charge in [0.1, 0.15) is 5.82 Å². The van der Waals surface area contributed by atoms with E-state index in [9.17, 15) is 9.18 Å². The summed E-state index contributed by atoms with van der Waals surface area (Å²) in [4.78, 5) is 14.2. The molecule has 0 aliphatic heterocycles. The maximum Gasteiger partial charge on any atom is 0.269 e. The SMILES string of the molecule is CCN(CC)c1cnn(Cc2cccc(F)c2Br)c(=O)c1. The first kappa shape index (κ1) is 15.7. The average Bonchev–Trinajstić information content (AvgIpc) is 2.47. The summed E-state index contributed by atoms with van der Waals surface area (Å²) in [5.74, 6) is -0.347. The zero-order valence-electron chi connectivity index (χ0n) is 12.0. The van der Waals surface area contributed by atoms with E-state index in [1.165, 1.54) is 10.7 Å². The Bertz CT molecular complexity index is 683. The Balaban J connectivity index is 2.30. The molecule has 0 N–H and O–H groups in total. The molecule has 6 heteroatoms. The van der Waals surface area contributed by atoms with E-state index < -0.39 is 0 Å². The Morgan fingerprint density at radius 3 is 2.67 bits per heavy atom. The fraction of sp³-hybridized carbons (Fsp3) is 0.333. The van der Waals surface area contributed by atoms with E-state index in [1.54, 1.807) is 24.4 Å². The summed E-state index contributed by atoms with van der Waals surface area (Å²) in [5, 5.41) is 4.18. The van der Waals surface area contributed by atoms with Crippen LogP contribution < -0.4 is 10.5 Å². The van der Waals surface area contributed by atoms with Crippen LogP contribution in [0.3, 0.4) is 0 Å². The summed E-state index contributed by atoms with van der Waals surface area (Å²) >= 11 is 3.20. The van der Waals surface area contributed by atoms with Crippen LogP contribution in [0.5, 0.6) is 0 Å². The van der Waals surface area contributed by atoms with Crippen molar-refractivity contribution >= 4 is 21.6 Å².